The van der Waals surface area contributed by atoms with Crippen LogP contribution in [0.5, 0.6) is 11.5 Å². The fourth-order valence-electron chi connectivity index (χ4n) is 4.59. The Morgan fingerprint density at radius 1 is 0.812 bits per heavy atom. The van der Waals surface area contributed by atoms with Gasteiger partial charge in [0, 0.05) is 0 Å². The van der Waals surface area contributed by atoms with Crippen molar-refractivity contribution in [1.29, 1.82) is 0 Å². The van der Waals surface area contributed by atoms with Crippen LogP contribution in [0.1, 0.15) is 35.1 Å². The highest BCUT2D eigenvalue weighted by atomic mass is 16.6. The van der Waals surface area contributed by atoms with Gasteiger partial charge in [0.05, 0.1) is 20.3 Å². The number of esters is 1. The van der Waals surface area contributed by atoms with Gasteiger partial charge in [-0.3, -0.25) is 4.79 Å². The Bertz CT molecular complexity index is 1100. The van der Waals surface area contributed by atoms with E-state index in [4.69, 9.17) is 18.9 Å². The summed E-state index contributed by atoms with van der Waals surface area (Å²) in [6.07, 6.45) is -0.940. The summed E-state index contributed by atoms with van der Waals surface area (Å²) >= 11 is 0. The van der Waals surface area contributed by atoms with Crippen LogP contribution < -0.4 is 9.47 Å². The maximum atomic E-state index is 13.1. The van der Waals surface area contributed by atoms with Gasteiger partial charge in [0.1, 0.15) is 36.5 Å². The van der Waals surface area contributed by atoms with Crippen molar-refractivity contribution in [3.05, 3.63) is 95.6 Å². The van der Waals surface area contributed by atoms with Gasteiger partial charge in [0.15, 0.2) is 0 Å². The summed E-state index contributed by atoms with van der Waals surface area (Å²) in [5.74, 6) is 1.17. The molecule has 0 saturated carbocycles. The van der Waals surface area contributed by atoms with Crippen molar-refractivity contribution in [3.8, 4) is 11.5 Å². The Hall–Kier alpha value is -3.35. The second kappa shape index (κ2) is 8.65. The molecule has 0 radical (unpaired) electrons. The van der Waals surface area contributed by atoms with Gasteiger partial charge in [-0.25, -0.2) is 4.90 Å². The molecule has 2 aliphatic rings. The molecule has 0 N–H and O–H groups in total. The summed E-state index contributed by atoms with van der Waals surface area (Å²) < 4.78 is 23.1. The van der Waals surface area contributed by atoms with Crippen molar-refractivity contribution < 1.29 is 23.7 Å². The first-order chi connectivity index (χ1) is 15.7. The molecule has 1 unspecified atom stereocenters. The summed E-state index contributed by atoms with van der Waals surface area (Å²) in [5.41, 5.74) is 2.87. The molecule has 0 aromatic heterocycles. The number of fused-ring (bicyclic) bond motifs is 1. The van der Waals surface area contributed by atoms with Gasteiger partial charge < -0.3 is 18.9 Å². The molecule has 6 heteroatoms. The number of morpholine rings is 1. The van der Waals surface area contributed by atoms with Gasteiger partial charge in [-0.05, 0) is 41.0 Å². The summed E-state index contributed by atoms with van der Waals surface area (Å²) in [5, 5.41) is 0. The van der Waals surface area contributed by atoms with E-state index in [1.807, 2.05) is 66.7 Å². The van der Waals surface area contributed by atoms with Gasteiger partial charge in [-0.1, -0.05) is 54.6 Å². The third kappa shape index (κ3) is 3.61. The summed E-state index contributed by atoms with van der Waals surface area (Å²) in [6.45, 7) is 0.272. The molecule has 3 aromatic carbocycles. The van der Waals surface area contributed by atoms with Crippen molar-refractivity contribution in [3.63, 3.8) is 0 Å². The molecule has 2 saturated heterocycles. The number of benzene rings is 3. The molecular formula is C26H25NO5. The second-order valence-electron chi connectivity index (χ2n) is 7.91. The number of cyclic esters (lactones) is 1. The molecule has 3 aromatic rings. The lowest BCUT2D eigenvalue weighted by Crippen LogP contribution is -2.49. The van der Waals surface area contributed by atoms with Gasteiger partial charge in [-0.2, -0.15) is 0 Å². The lowest BCUT2D eigenvalue weighted by atomic mass is 9.96. The Kier molecular flexibility index (Phi) is 5.55. The fourth-order valence-corrected chi connectivity index (χ4v) is 4.59. The van der Waals surface area contributed by atoms with Gasteiger partial charge >= 0.3 is 5.97 Å². The van der Waals surface area contributed by atoms with Crippen molar-refractivity contribution in [2.24, 2.45) is 0 Å². The highest BCUT2D eigenvalue weighted by Crippen LogP contribution is 2.49. The quantitative estimate of drug-likeness (QED) is 0.557. The number of ether oxygens (including phenoxy) is 4. The second-order valence-corrected chi connectivity index (χ2v) is 7.91. The maximum Gasteiger partial charge on any atom is 0.326 e. The van der Waals surface area contributed by atoms with Crippen LogP contribution >= 0.6 is 0 Å². The Morgan fingerprint density at radius 3 is 2.12 bits per heavy atom. The number of carbonyl (C=O) groups is 1. The summed E-state index contributed by atoms with van der Waals surface area (Å²) in [7, 11) is 3.27. The van der Waals surface area contributed by atoms with E-state index in [-0.39, 0.29) is 18.6 Å². The zero-order valence-electron chi connectivity index (χ0n) is 18.0. The molecule has 2 heterocycles. The number of hydrogen-bond acceptors (Lipinski definition) is 6. The Balaban J connectivity index is 1.62. The third-order valence-corrected chi connectivity index (χ3v) is 6.12. The minimum absolute atomic E-state index is 0.134. The number of carbonyl (C=O) groups excluding carboxylic acids is 1. The van der Waals surface area contributed by atoms with Gasteiger partial charge in [0.25, 0.3) is 0 Å². The van der Waals surface area contributed by atoms with Crippen LogP contribution in [0.15, 0.2) is 78.9 Å². The Labute approximate surface area is 187 Å². The molecule has 32 heavy (non-hydrogen) atoms. The Morgan fingerprint density at radius 2 is 1.44 bits per heavy atom. The molecule has 5 rings (SSSR count). The molecule has 0 amide bonds. The van der Waals surface area contributed by atoms with E-state index in [1.165, 1.54) is 0 Å². The van der Waals surface area contributed by atoms with Crippen molar-refractivity contribution in [2.45, 2.75) is 24.4 Å². The minimum Gasteiger partial charge on any atom is -0.497 e. The van der Waals surface area contributed by atoms with E-state index in [9.17, 15) is 4.79 Å². The number of rotatable bonds is 5. The average molecular weight is 431 g/mol. The SMILES string of the molecule is COc1cccc([C@H]2O[C@@H](c3cccc(OC)c3)N3C2C(=O)OC[C@@H]3c2ccccc2)c1. The van der Waals surface area contributed by atoms with E-state index in [2.05, 4.69) is 17.0 Å². The van der Waals surface area contributed by atoms with Crippen LogP contribution in [-0.4, -0.2) is 37.7 Å². The molecule has 6 nitrogen and oxygen atoms in total. The van der Waals surface area contributed by atoms with Crippen LogP contribution in [0.4, 0.5) is 0 Å². The largest absolute Gasteiger partial charge is 0.497 e. The van der Waals surface area contributed by atoms with Crippen molar-refractivity contribution >= 4 is 5.97 Å². The first kappa shape index (κ1) is 20.5. The van der Waals surface area contributed by atoms with Crippen molar-refractivity contribution in [2.75, 3.05) is 20.8 Å². The monoisotopic (exact) mass is 431 g/mol. The minimum atomic E-state index is -0.586. The van der Waals surface area contributed by atoms with Gasteiger partial charge in [0.2, 0.25) is 0 Å². The van der Waals surface area contributed by atoms with Crippen molar-refractivity contribution in [1.82, 2.24) is 4.90 Å². The molecule has 2 fully saturated rings. The van der Waals surface area contributed by atoms with Crippen LogP contribution in [-0.2, 0) is 14.3 Å². The van der Waals surface area contributed by atoms with Crippen LogP contribution in [0, 0.1) is 0 Å². The summed E-state index contributed by atoms with van der Waals surface area (Å²) in [6, 6.07) is 24.8. The molecule has 2 aliphatic heterocycles. The lowest BCUT2D eigenvalue weighted by Gasteiger charge is -2.39. The third-order valence-electron chi connectivity index (χ3n) is 6.12. The molecule has 0 aliphatic carbocycles. The first-order valence-electron chi connectivity index (χ1n) is 10.6. The van der Waals surface area contributed by atoms with Crippen LogP contribution in [0.3, 0.4) is 0 Å². The first-order valence-corrected chi connectivity index (χ1v) is 10.6. The van der Waals surface area contributed by atoms with Crippen LogP contribution in [0.25, 0.3) is 0 Å². The zero-order chi connectivity index (χ0) is 22.1. The number of methoxy groups -OCH3 is 2. The number of hydrogen-bond donors (Lipinski definition) is 0. The predicted octanol–water partition coefficient (Wildman–Crippen LogP) is 4.44. The predicted molar refractivity (Wildman–Crippen MR) is 118 cm³/mol. The van der Waals surface area contributed by atoms with E-state index >= 15 is 0 Å². The standard InChI is InChI=1S/C26H25NO5/c1-29-20-12-6-10-18(14-20)24-23-26(28)31-16-22(17-8-4-3-5-9-17)27(23)25(32-24)19-11-7-13-21(15-19)30-2/h3-15,22-25H,16H2,1-2H3/t22-,23?,24-,25+/m1/s1. The molecule has 0 bridgehead atoms. The van der Waals surface area contributed by atoms with E-state index in [0.29, 0.717) is 5.75 Å². The molecule has 0 spiro atoms. The van der Waals surface area contributed by atoms with E-state index in [1.54, 1.807) is 14.2 Å². The number of nitrogens with zero attached hydrogens (tertiary/aromatic N) is 1. The highest BCUT2D eigenvalue weighted by Gasteiger charge is 2.54. The van der Waals surface area contributed by atoms with E-state index in [0.717, 1.165) is 22.4 Å². The van der Waals surface area contributed by atoms with E-state index < -0.39 is 18.4 Å². The molecule has 164 valence electrons. The summed E-state index contributed by atoms with van der Waals surface area (Å²) in [4.78, 5) is 15.2. The smallest absolute Gasteiger partial charge is 0.326 e. The normalized spacial score (nSPS) is 25.1. The maximum absolute atomic E-state index is 13.1. The van der Waals surface area contributed by atoms with Gasteiger partial charge in [-0.15, -0.1) is 0 Å². The highest BCUT2D eigenvalue weighted by molar-refractivity contribution is 5.78. The lowest BCUT2D eigenvalue weighted by molar-refractivity contribution is -0.163. The zero-order valence-corrected chi connectivity index (χ0v) is 18.0. The fraction of sp³-hybridized carbons (Fsp3) is 0.269. The molecule has 4 atom stereocenters. The molecular weight excluding hydrogens is 406 g/mol. The topological polar surface area (TPSA) is 57.2 Å². The average Bonchev–Trinajstić information content (AvgIpc) is 3.26. The van der Waals surface area contributed by atoms with Crippen LogP contribution in [0.2, 0.25) is 0 Å².